The molecule has 0 amide bonds. The summed E-state index contributed by atoms with van der Waals surface area (Å²) in [6, 6.07) is 6.48. The molecule has 0 aliphatic rings. The molecule has 0 spiro atoms. The molecule has 0 saturated carbocycles. The van der Waals surface area contributed by atoms with Crippen LogP contribution in [0.1, 0.15) is 5.69 Å². The van der Waals surface area contributed by atoms with Crippen LogP contribution in [-0.4, -0.2) is 4.98 Å². The molecule has 0 fully saturated rings. The highest BCUT2D eigenvalue weighted by molar-refractivity contribution is 5.59. The first kappa shape index (κ1) is 7.98. The lowest BCUT2D eigenvalue weighted by Gasteiger charge is -1.98. The SMILES string of the molecule is Cc1ncoc1-c1ccccc1F. The first-order chi connectivity index (χ1) is 6.29. The summed E-state index contributed by atoms with van der Waals surface area (Å²) in [4.78, 5) is 3.90. The molecule has 0 atom stereocenters. The maximum atomic E-state index is 13.2. The number of aryl methyl sites for hydroxylation is 1. The van der Waals surface area contributed by atoms with Gasteiger partial charge in [0.25, 0.3) is 0 Å². The van der Waals surface area contributed by atoms with Gasteiger partial charge in [0.2, 0.25) is 0 Å². The van der Waals surface area contributed by atoms with Crippen molar-refractivity contribution in [3.05, 3.63) is 42.2 Å². The summed E-state index contributed by atoms with van der Waals surface area (Å²) in [5.74, 6) is 0.209. The van der Waals surface area contributed by atoms with Crippen LogP contribution in [-0.2, 0) is 0 Å². The van der Waals surface area contributed by atoms with E-state index >= 15 is 0 Å². The third kappa shape index (κ3) is 1.33. The Hall–Kier alpha value is -1.64. The van der Waals surface area contributed by atoms with Gasteiger partial charge in [0.1, 0.15) is 5.82 Å². The fraction of sp³-hybridized carbons (Fsp3) is 0.100. The van der Waals surface area contributed by atoms with Crippen LogP contribution in [0.5, 0.6) is 0 Å². The zero-order valence-electron chi connectivity index (χ0n) is 7.12. The van der Waals surface area contributed by atoms with Crippen molar-refractivity contribution < 1.29 is 8.81 Å². The van der Waals surface area contributed by atoms with Gasteiger partial charge in [-0.3, -0.25) is 0 Å². The van der Waals surface area contributed by atoms with Gasteiger partial charge in [0.05, 0.1) is 11.3 Å². The van der Waals surface area contributed by atoms with Crippen molar-refractivity contribution in [1.82, 2.24) is 4.98 Å². The van der Waals surface area contributed by atoms with Crippen LogP contribution in [0.2, 0.25) is 0 Å². The zero-order valence-corrected chi connectivity index (χ0v) is 7.12. The Morgan fingerprint density at radius 1 is 1.31 bits per heavy atom. The van der Waals surface area contributed by atoms with Gasteiger partial charge in [0.15, 0.2) is 12.2 Å². The van der Waals surface area contributed by atoms with Gasteiger partial charge in [-0.05, 0) is 19.1 Å². The second kappa shape index (κ2) is 3.01. The van der Waals surface area contributed by atoms with Crippen LogP contribution in [0.3, 0.4) is 0 Å². The van der Waals surface area contributed by atoms with Crippen molar-refractivity contribution in [2.75, 3.05) is 0 Å². The lowest BCUT2D eigenvalue weighted by Crippen LogP contribution is -1.83. The number of hydrogen-bond acceptors (Lipinski definition) is 2. The summed E-state index contributed by atoms with van der Waals surface area (Å²) in [6.45, 7) is 1.78. The van der Waals surface area contributed by atoms with Crippen LogP contribution < -0.4 is 0 Å². The molecule has 1 aromatic carbocycles. The Morgan fingerprint density at radius 2 is 2.08 bits per heavy atom. The molecule has 2 nitrogen and oxygen atoms in total. The van der Waals surface area contributed by atoms with E-state index in [0.717, 1.165) is 0 Å². The average Bonchev–Trinajstić information content (AvgIpc) is 2.52. The van der Waals surface area contributed by atoms with Crippen molar-refractivity contribution >= 4 is 0 Å². The van der Waals surface area contributed by atoms with E-state index in [1.54, 1.807) is 25.1 Å². The molecule has 0 N–H and O–H groups in total. The third-order valence-corrected chi connectivity index (χ3v) is 1.86. The molecule has 2 aromatic rings. The third-order valence-electron chi connectivity index (χ3n) is 1.86. The number of rotatable bonds is 1. The van der Waals surface area contributed by atoms with Crippen molar-refractivity contribution in [3.63, 3.8) is 0 Å². The Balaban J connectivity index is 2.59. The van der Waals surface area contributed by atoms with E-state index in [4.69, 9.17) is 4.42 Å². The molecular weight excluding hydrogens is 169 g/mol. The van der Waals surface area contributed by atoms with E-state index in [1.807, 2.05) is 0 Å². The second-order valence-corrected chi connectivity index (χ2v) is 2.75. The standard InChI is InChI=1S/C10H8FNO/c1-7-10(13-6-12-7)8-4-2-3-5-9(8)11/h2-6H,1H3. The molecule has 0 unspecified atom stereocenters. The maximum absolute atomic E-state index is 13.2. The van der Waals surface area contributed by atoms with Gasteiger partial charge in [0, 0.05) is 0 Å². The number of nitrogens with zero attached hydrogens (tertiary/aromatic N) is 1. The topological polar surface area (TPSA) is 26.0 Å². The van der Waals surface area contributed by atoms with E-state index < -0.39 is 0 Å². The minimum absolute atomic E-state index is 0.289. The molecule has 0 aliphatic heterocycles. The molecule has 2 rings (SSSR count). The number of oxazole rings is 1. The monoisotopic (exact) mass is 177 g/mol. The molecule has 1 aromatic heterocycles. The Labute approximate surface area is 75.0 Å². The summed E-state index contributed by atoms with van der Waals surface area (Å²) in [5.41, 5.74) is 1.16. The molecule has 0 aliphatic carbocycles. The first-order valence-corrected chi connectivity index (χ1v) is 3.94. The highest BCUT2D eigenvalue weighted by Gasteiger charge is 2.10. The van der Waals surface area contributed by atoms with Gasteiger partial charge in [-0.25, -0.2) is 9.37 Å². The summed E-state index contributed by atoms with van der Waals surface area (Å²) in [6.07, 6.45) is 1.32. The van der Waals surface area contributed by atoms with E-state index in [9.17, 15) is 4.39 Å². The zero-order chi connectivity index (χ0) is 9.26. The van der Waals surface area contributed by atoms with E-state index in [-0.39, 0.29) is 5.82 Å². The molecule has 0 saturated heterocycles. The Bertz CT molecular complexity index is 422. The highest BCUT2D eigenvalue weighted by Crippen LogP contribution is 2.24. The fourth-order valence-electron chi connectivity index (χ4n) is 1.21. The Kier molecular flexibility index (Phi) is 1.85. The molecule has 0 bridgehead atoms. The summed E-state index contributed by atoms with van der Waals surface area (Å²) >= 11 is 0. The van der Waals surface area contributed by atoms with Crippen molar-refractivity contribution in [1.29, 1.82) is 0 Å². The van der Waals surface area contributed by atoms with Gasteiger partial charge < -0.3 is 4.42 Å². The predicted molar refractivity (Wildman–Crippen MR) is 46.6 cm³/mol. The molecular formula is C10H8FNO. The highest BCUT2D eigenvalue weighted by atomic mass is 19.1. The van der Waals surface area contributed by atoms with E-state index in [2.05, 4.69) is 4.98 Å². The first-order valence-electron chi connectivity index (χ1n) is 3.94. The maximum Gasteiger partial charge on any atom is 0.181 e. The second-order valence-electron chi connectivity index (χ2n) is 2.75. The van der Waals surface area contributed by atoms with E-state index in [0.29, 0.717) is 17.0 Å². The normalized spacial score (nSPS) is 10.3. The number of aromatic nitrogens is 1. The van der Waals surface area contributed by atoms with Gasteiger partial charge >= 0.3 is 0 Å². The van der Waals surface area contributed by atoms with Crippen LogP contribution in [0.25, 0.3) is 11.3 Å². The van der Waals surface area contributed by atoms with Crippen molar-refractivity contribution in [2.45, 2.75) is 6.92 Å². The summed E-state index contributed by atoms with van der Waals surface area (Å²) in [7, 11) is 0. The lowest BCUT2D eigenvalue weighted by atomic mass is 10.1. The summed E-state index contributed by atoms with van der Waals surface area (Å²) < 4.78 is 18.3. The Morgan fingerprint density at radius 3 is 2.69 bits per heavy atom. The van der Waals surface area contributed by atoms with Crippen molar-refractivity contribution in [2.24, 2.45) is 0 Å². The minimum Gasteiger partial charge on any atom is -0.443 e. The number of benzene rings is 1. The smallest absolute Gasteiger partial charge is 0.181 e. The van der Waals surface area contributed by atoms with Gasteiger partial charge in [-0.1, -0.05) is 12.1 Å². The molecule has 1 heterocycles. The number of halogens is 1. The number of hydrogen-bond donors (Lipinski definition) is 0. The van der Waals surface area contributed by atoms with E-state index in [1.165, 1.54) is 12.5 Å². The average molecular weight is 177 g/mol. The van der Waals surface area contributed by atoms with Gasteiger partial charge in [-0.15, -0.1) is 0 Å². The molecule has 66 valence electrons. The molecule has 13 heavy (non-hydrogen) atoms. The largest absolute Gasteiger partial charge is 0.443 e. The van der Waals surface area contributed by atoms with Crippen molar-refractivity contribution in [3.8, 4) is 11.3 Å². The van der Waals surface area contributed by atoms with Crippen LogP contribution in [0.4, 0.5) is 4.39 Å². The molecule has 0 radical (unpaired) electrons. The predicted octanol–water partition coefficient (Wildman–Crippen LogP) is 2.79. The fourth-order valence-corrected chi connectivity index (χ4v) is 1.21. The lowest BCUT2D eigenvalue weighted by molar-refractivity contribution is 0.561. The van der Waals surface area contributed by atoms with Crippen LogP contribution in [0, 0.1) is 12.7 Å². The summed E-state index contributed by atoms with van der Waals surface area (Å²) in [5, 5.41) is 0. The molecule has 3 heteroatoms. The minimum atomic E-state index is -0.289. The van der Waals surface area contributed by atoms with Gasteiger partial charge in [-0.2, -0.15) is 0 Å². The van der Waals surface area contributed by atoms with Crippen LogP contribution >= 0.6 is 0 Å². The quantitative estimate of drug-likeness (QED) is 0.669. The van der Waals surface area contributed by atoms with Crippen LogP contribution in [0.15, 0.2) is 35.1 Å².